The number of amides is 1. The summed E-state index contributed by atoms with van der Waals surface area (Å²) in [4.78, 5) is 14.5. The van der Waals surface area contributed by atoms with Crippen molar-refractivity contribution >= 4 is 5.91 Å². The molecule has 4 unspecified atom stereocenters. The molecular weight excluding hydrogens is 238 g/mol. The summed E-state index contributed by atoms with van der Waals surface area (Å²) in [5, 5.41) is 3.35. The van der Waals surface area contributed by atoms with Gasteiger partial charge >= 0.3 is 0 Å². The highest BCUT2D eigenvalue weighted by atomic mass is 16.1. The number of nitrogens with zero attached hydrogens (tertiary/aromatic N) is 1. The number of piperidine rings is 1. The van der Waals surface area contributed by atoms with E-state index >= 15 is 0 Å². The number of rotatable bonds is 4. The molecule has 0 spiro atoms. The van der Waals surface area contributed by atoms with Crippen LogP contribution in [0.4, 0.5) is 0 Å². The van der Waals surface area contributed by atoms with E-state index in [0.29, 0.717) is 12.1 Å². The van der Waals surface area contributed by atoms with Crippen molar-refractivity contribution in [3.8, 4) is 0 Å². The molecule has 0 aromatic carbocycles. The van der Waals surface area contributed by atoms with Crippen molar-refractivity contribution in [2.24, 2.45) is 11.7 Å². The molecule has 0 radical (unpaired) electrons. The molecule has 0 bridgehead atoms. The van der Waals surface area contributed by atoms with Crippen LogP contribution in [0.25, 0.3) is 0 Å². The summed E-state index contributed by atoms with van der Waals surface area (Å²) < 4.78 is 0. The van der Waals surface area contributed by atoms with Gasteiger partial charge < -0.3 is 11.1 Å². The van der Waals surface area contributed by atoms with Crippen LogP contribution in [0.2, 0.25) is 0 Å². The van der Waals surface area contributed by atoms with Crippen LogP contribution < -0.4 is 11.1 Å². The topological polar surface area (TPSA) is 58.4 Å². The number of likely N-dealkylation sites (N-methyl/N-ethyl adjacent to an activating group) is 1. The standard InChI is InChI=1S/C15H29N3O/c1-4-17-15(14(16)19)8-7-13(10-15)18-9-5-6-11(2)12(18)3/h11-13,17H,4-10H2,1-3H3,(H2,16,19). The Morgan fingerprint density at radius 2 is 2.16 bits per heavy atom. The summed E-state index contributed by atoms with van der Waals surface area (Å²) in [5.41, 5.74) is 5.19. The third kappa shape index (κ3) is 2.79. The fourth-order valence-electron chi connectivity index (χ4n) is 3.99. The molecule has 2 aliphatic rings. The molecule has 4 heteroatoms. The zero-order chi connectivity index (χ0) is 14.0. The first-order valence-corrected chi connectivity index (χ1v) is 7.81. The number of carbonyl (C=O) groups is 1. The average Bonchev–Trinajstić information content (AvgIpc) is 2.79. The summed E-state index contributed by atoms with van der Waals surface area (Å²) in [6.45, 7) is 8.71. The van der Waals surface area contributed by atoms with Crippen LogP contribution in [0, 0.1) is 5.92 Å². The van der Waals surface area contributed by atoms with Gasteiger partial charge in [-0.05, 0) is 58.0 Å². The molecule has 1 amide bonds. The number of nitrogens with two attached hydrogens (primary N) is 1. The van der Waals surface area contributed by atoms with Crippen LogP contribution >= 0.6 is 0 Å². The van der Waals surface area contributed by atoms with E-state index in [-0.39, 0.29) is 5.91 Å². The Hall–Kier alpha value is -0.610. The van der Waals surface area contributed by atoms with Crippen molar-refractivity contribution < 1.29 is 4.79 Å². The predicted molar refractivity (Wildman–Crippen MR) is 77.8 cm³/mol. The van der Waals surface area contributed by atoms with Gasteiger partial charge in [-0.3, -0.25) is 9.69 Å². The van der Waals surface area contributed by atoms with Crippen molar-refractivity contribution in [3.05, 3.63) is 0 Å². The van der Waals surface area contributed by atoms with Crippen molar-refractivity contribution in [3.63, 3.8) is 0 Å². The average molecular weight is 267 g/mol. The van der Waals surface area contributed by atoms with Crippen LogP contribution in [0.3, 0.4) is 0 Å². The molecule has 110 valence electrons. The van der Waals surface area contributed by atoms with E-state index < -0.39 is 5.54 Å². The van der Waals surface area contributed by atoms with Crippen molar-refractivity contribution in [1.82, 2.24) is 10.2 Å². The first kappa shape index (κ1) is 14.8. The highest BCUT2D eigenvalue weighted by Crippen LogP contribution is 2.36. The minimum absolute atomic E-state index is 0.172. The molecule has 0 aromatic rings. The van der Waals surface area contributed by atoms with Gasteiger partial charge in [0.05, 0.1) is 5.54 Å². The second kappa shape index (κ2) is 5.80. The van der Waals surface area contributed by atoms with Gasteiger partial charge in [0.1, 0.15) is 0 Å². The summed E-state index contributed by atoms with van der Waals surface area (Å²) in [6.07, 6.45) is 5.48. The highest BCUT2D eigenvalue weighted by Gasteiger charge is 2.46. The maximum atomic E-state index is 11.8. The largest absolute Gasteiger partial charge is 0.368 e. The van der Waals surface area contributed by atoms with E-state index in [9.17, 15) is 4.79 Å². The molecule has 1 heterocycles. The number of likely N-dealkylation sites (tertiary alicyclic amines) is 1. The van der Waals surface area contributed by atoms with Gasteiger partial charge in [0, 0.05) is 12.1 Å². The molecule has 1 aliphatic heterocycles. The Kier molecular flexibility index (Phi) is 4.51. The Morgan fingerprint density at radius 3 is 2.79 bits per heavy atom. The second-order valence-electron chi connectivity index (χ2n) is 6.47. The van der Waals surface area contributed by atoms with Crippen LogP contribution in [-0.4, -0.2) is 41.5 Å². The summed E-state index contributed by atoms with van der Waals surface area (Å²) >= 11 is 0. The second-order valence-corrected chi connectivity index (χ2v) is 6.47. The Bertz CT molecular complexity index is 333. The normalized spacial score (nSPS) is 40.5. The fourth-order valence-corrected chi connectivity index (χ4v) is 3.99. The van der Waals surface area contributed by atoms with Gasteiger partial charge in [-0.25, -0.2) is 0 Å². The van der Waals surface area contributed by atoms with Gasteiger partial charge in [-0.15, -0.1) is 0 Å². The van der Waals surface area contributed by atoms with E-state index in [1.807, 2.05) is 6.92 Å². The molecule has 1 saturated carbocycles. The van der Waals surface area contributed by atoms with Crippen molar-refractivity contribution in [1.29, 1.82) is 0 Å². The van der Waals surface area contributed by atoms with E-state index in [2.05, 4.69) is 24.1 Å². The maximum absolute atomic E-state index is 11.8. The maximum Gasteiger partial charge on any atom is 0.237 e. The number of carbonyl (C=O) groups excluding carboxylic acids is 1. The third-order valence-corrected chi connectivity index (χ3v) is 5.37. The first-order valence-electron chi connectivity index (χ1n) is 7.81. The quantitative estimate of drug-likeness (QED) is 0.811. The number of nitrogens with one attached hydrogen (secondary N) is 1. The molecule has 4 atom stereocenters. The van der Waals surface area contributed by atoms with Gasteiger partial charge in [0.2, 0.25) is 5.91 Å². The zero-order valence-electron chi connectivity index (χ0n) is 12.6. The van der Waals surface area contributed by atoms with E-state index in [1.165, 1.54) is 19.4 Å². The summed E-state index contributed by atoms with van der Waals surface area (Å²) in [6, 6.07) is 1.15. The van der Waals surface area contributed by atoms with E-state index in [0.717, 1.165) is 31.7 Å². The van der Waals surface area contributed by atoms with Crippen LogP contribution in [-0.2, 0) is 4.79 Å². The van der Waals surface area contributed by atoms with Crippen LogP contribution in [0.15, 0.2) is 0 Å². The smallest absolute Gasteiger partial charge is 0.237 e. The van der Waals surface area contributed by atoms with Crippen LogP contribution in [0.1, 0.15) is 52.9 Å². The highest BCUT2D eigenvalue weighted by molar-refractivity contribution is 5.85. The van der Waals surface area contributed by atoms with Crippen LogP contribution in [0.5, 0.6) is 0 Å². The lowest BCUT2D eigenvalue weighted by Crippen LogP contribution is -2.55. The Morgan fingerprint density at radius 1 is 1.42 bits per heavy atom. The Balaban J connectivity index is 2.06. The monoisotopic (exact) mass is 267 g/mol. The van der Waals surface area contributed by atoms with E-state index in [1.54, 1.807) is 0 Å². The minimum Gasteiger partial charge on any atom is -0.368 e. The molecule has 1 saturated heterocycles. The molecule has 0 aromatic heterocycles. The molecule has 4 nitrogen and oxygen atoms in total. The number of hydrogen-bond acceptors (Lipinski definition) is 3. The van der Waals surface area contributed by atoms with Gasteiger partial charge in [0.15, 0.2) is 0 Å². The van der Waals surface area contributed by atoms with E-state index in [4.69, 9.17) is 5.73 Å². The third-order valence-electron chi connectivity index (χ3n) is 5.37. The number of hydrogen-bond donors (Lipinski definition) is 2. The SMILES string of the molecule is CCNC1(C(N)=O)CCC(N2CCCC(C)C2C)C1. The molecule has 3 N–H and O–H groups in total. The molecule has 2 fully saturated rings. The molecule has 2 rings (SSSR count). The summed E-state index contributed by atoms with van der Waals surface area (Å²) in [7, 11) is 0. The van der Waals surface area contributed by atoms with Crippen molar-refractivity contribution in [2.45, 2.75) is 70.5 Å². The predicted octanol–water partition coefficient (Wildman–Crippen LogP) is 1.49. The summed E-state index contributed by atoms with van der Waals surface area (Å²) in [5.74, 6) is 0.589. The minimum atomic E-state index is -0.459. The first-order chi connectivity index (χ1) is 9.00. The molecule has 1 aliphatic carbocycles. The lowest BCUT2D eigenvalue weighted by Gasteiger charge is -2.42. The molecular formula is C15H29N3O. The lowest BCUT2D eigenvalue weighted by atomic mass is 9.89. The fraction of sp³-hybridized carbons (Fsp3) is 0.933. The molecule has 19 heavy (non-hydrogen) atoms. The van der Waals surface area contributed by atoms with Crippen molar-refractivity contribution in [2.75, 3.05) is 13.1 Å². The number of primary amides is 1. The van der Waals surface area contributed by atoms with Gasteiger partial charge in [0.25, 0.3) is 0 Å². The van der Waals surface area contributed by atoms with Gasteiger partial charge in [-0.2, -0.15) is 0 Å². The lowest BCUT2D eigenvalue weighted by molar-refractivity contribution is -0.124. The zero-order valence-corrected chi connectivity index (χ0v) is 12.6. The van der Waals surface area contributed by atoms with Gasteiger partial charge in [-0.1, -0.05) is 13.8 Å². The Labute approximate surface area is 117 Å².